The van der Waals surface area contributed by atoms with Crippen LogP contribution < -0.4 is 5.32 Å². The van der Waals surface area contributed by atoms with Gasteiger partial charge in [-0.3, -0.25) is 9.59 Å². The number of carbonyl (C=O) groups is 2. The fourth-order valence-corrected chi connectivity index (χ4v) is 1.90. The Kier molecular flexibility index (Phi) is 5.40. The van der Waals surface area contributed by atoms with E-state index in [1.807, 2.05) is 6.07 Å². The highest BCUT2D eigenvalue weighted by atomic mass is 127. The van der Waals surface area contributed by atoms with Gasteiger partial charge in [0.25, 0.3) is 5.91 Å². The normalized spacial score (nSPS) is 11.9. The quantitative estimate of drug-likeness (QED) is 0.802. The molecule has 0 heterocycles. The Bertz CT molecular complexity index is 420. The summed E-state index contributed by atoms with van der Waals surface area (Å²) in [5.41, 5.74) is 0.553. The van der Waals surface area contributed by atoms with Gasteiger partial charge in [-0.05, 0) is 47.2 Å². The molecular formula is C12H14INO3. The van der Waals surface area contributed by atoms with Gasteiger partial charge in [0.05, 0.1) is 5.92 Å². The highest BCUT2D eigenvalue weighted by Crippen LogP contribution is 2.08. The van der Waals surface area contributed by atoms with E-state index in [2.05, 4.69) is 27.9 Å². The average molecular weight is 347 g/mol. The van der Waals surface area contributed by atoms with Gasteiger partial charge in [-0.1, -0.05) is 13.0 Å². The number of halogens is 1. The van der Waals surface area contributed by atoms with Crippen LogP contribution in [0.5, 0.6) is 0 Å². The number of rotatable bonds is 5. The molecule has 1 aromatic carbocycles. The Morgan fingerprint density at radius 1 is 1.47 bits per heavy atom. The van der Waals surface area contributed by atoms with E-state index in [0.29, 0.717) is 12.0 Å². The van der Waals surface area contributed by atoms with Crippen molar-refractivity contribution >= 4 is 34.5 Å². The third-order valence-electron chi connectivity index (χ3n) is 2.44. The Morgan fingerprint density at radius 3 is 2.71 bits per heavy atom. The summed E-state index contributed by atoms with van der Waals surface area (Å²) in [4.78, 5) is 22.5. The average Bonchev–Trinajstić information content (AvgIpc) is 2.29. The van der Waals surface area contributed by atoms with Gasteiger partial charge in [0.2, 0.25) is 0 Å². The number of hydrogen-bond donors (Lipinski definition) is 2. The minimum Gasteiger partial charge on any atom is -0.481 e. The topological polar surface area (TPSA) is 66.4 Å². The van der Waals surface area contributed by atoms with Crippen molar-refractivity contribution in [2.75, 3.05) is 6.54 Å². The second kappa shape index (κ2) is 6.58. The summed E-state index contributed by atoms with van der Waals surface area (Å²) in [6, 6.07) is 7.16. The molecule has 0 saturated heterocycles. The molecule has 2 N–H and O–H groups in total. The number of aliphatic carboxylic acids is 1. The van der Waals surface area contributed by atoms with Gasteiger partial charge < -0.3 is 10.4 Å². The standard InChI is InChI=1S/C12H14INO3/c1-2-8(12(16)17)7-14-11(15)9-4-3-5-10(13)6-9/h3-6,8H,2,7H2,1H3,(H,14,15)(H,16,17). The molecule has 0 aliphatic carbocycles. The molecule has 1 atom stereocenters. The molecule has 0 saturated carbocycles. The summed E-state index contributed by atoms with van der Waals surface area (Å²) in [5, 5.41) is 11.5. The zero-order valence-electron chi connectivity index (χ0n) is 9.44. The highest BCUT2D eigenvalue weighted by Gasteiger charge is 2.16. The lowest BCUT2D eigenvalue weighted by molar-refractivity contribution is -0.141. The van der Waals surface area contributed by atoms with Crippen molar-refractivity contribution < 1.29 is 14.7 Å². The van der Waals surface area contributed by atoms with Crippen molar-refractivity contribution in [3.05, 3.63) is 33.4 Å². The molecule has 0 fully saturated rings. The molecule has 92 valence electrons. The van der Waals surface area contributed by atoms with Crippen molar-refractivity contribution in [3.63, 3.8) is 0 Å². The van der Waals surface area contributed by atoms with Crippen LogP contribution in [0, 0.1) is 9.49 Å². The van der Waals surface area contributed by atoms with E-state index in [9.17, 15) is 9.59 Å². The molecule has 0 aromatic heterocycles. The first-order chi connectivity index (χ1) is 8.04. The lowest BCUT2D eigenvalue weighted by atomic mass is 10.1. The van der Waals surface area contributed by atoms with Crippen LogP contribution in [0.2, 0.25) is 0 Å². The molecule has 0 bridgehead atoms. The Labute approximate surface area is 114 Å². The second-order valence-corrected chi connectivity index (χ2v) is 4.91. The van der Waals surface area contributed by atoms with Gasteiger partial charge in [-0.15, -0.1) is 0 Å². The molecule has 17 heavy (non-hydrogen) atoms. The molecule has 0 spiro atoms. The van der Waals surface area contributed by atoms with Crippen LogP contribution in [0.15, 0.2) is 24.3 Å². The molecular weight excluding hydrogens is 333 g/mol. The zero-order valence-corrected chi connectivity index (χ0v) is 11.6. The largest absolute Gasteiger partial charge is 0.481 e. The first-order valence-electron chi connectivity index (χ1n) is 5.31. The predicted molar refractivity (Wildman–Crippen MR) is 72.9 cm³/mol. The minimum absolute atomic E-state index is 0.163. The number of nitrogens with one attached hydrogen (secondary N) is 1. The van der Waals surface area contributed by atoms with Gasteiger partial charge >= 0.3 is 5.97 Å². The number of carboxylic acid groups (broad SMARTS) is 1. The first kappa shape index (κ1) is 14.0. The number of benzene rings is 1. The maximum Gasteiger partial charge on any atom is 0.308 e. The maximum absolute atomic E-state index is 11.7. The number of amides is 1. The Balaban J connectivity index is 2.58. The van der Waals surface area contributed by atoms with E-state index in [1.165, 1.54) is 0 Å². The summed E-state index contributed by atoms with van der Waals surface area (Å²) >= 11 is 2.12. The van der Waals surface area contributed by atoms with Crippen molar-refractivity contribution in [2.24, 2.45) is 5.92 Å². The van der Waals surface area contributed by atoms with Gasteiger partial charge in [0, 0.05) is 15.7 Å². The molecule has 0 radical (unpaired) electrons. The highest BCUT2D eigenvalue weighted by molar-refractivity contribution is 14.1. The van der Waals surface area contributed by atoms with Gasteiger partial charge in [-0.25, -0.2) is 0 Å². The van der Waals surface area contributed by atoms with Crippen LogP contribution in [0.25, 0.3) is 0 Å². The van der Waals surface area contributed by atoms with Crippen molar-refractivity contribution in [2.45, 2.75) is 13.3 Å². The van der Waals surface area contributed by atoms with Gasteiger partial charge in [0.15, 0.2) is 0 Å². The van der Waals surface area contributed by atoms with Crippen molar-refractivity contribution in [3.8, 4) is 0 Å². The third kappa shape index (κ3) is 4.33. The van der Waals surface area contributed by atoms with E-state index in [-0.39, 0.29) is 12.5 Å². The smallest absolute Gasteiger partial charge is 0.308 e. The minimum atomic E-state index is -0.879. The summed E-state index contributed by atoms with van der Waals surface area (Å²) < 4.78 is 0.973. The SMILES string of the molecule is CCC(CNC(=O)c1cccc(I)c1)C(=O)O. The zero-order chi connectivity index (χ0) is 12.8. The second-order valence-electron chi connectivity index (χ2n) is 3.66. The van der Waals surface area contributed by atoms with Crippen LogP contribution in [0.3, 0.4) is 0 Å². The monoisotopic (exact) mass is 347 g/mol. The fourth-order valence-electron chi connectivity index (χ4n) is 1.35. The van der Waals surface area contributed by atoms with Crippen LogP contribution in [-0.2, 0) is 4.79 Å². The van der Waals surface area contributed by atoms with E-state index in [0.717, 1.165) is 3.57 Å². The molecule has 1 unspecified atom stereocenters. The van der Waals surface area contributed by atoms with Crippen molar-refractivity contribution in [1.29, 1.82) is 0 Å². The van der Waals surface area contributed by atoms with Crippen LogP contribution in [0.4, 0.5) is 0 Å². The molecule has 0 aliphatic heterocycles. The van der Waals surface area contributed by atoms with E-state index in [1.54, 1.807) is 25.1 Å². The lowest BCUT2D eigenvalue weighted by Gasteiger charge is -2.11. The maximum atomic E-state index is 11.7. The van der Waals surface area contributed by atoms with E-state index < -0.39 is 11.9 Å². The molecule has 1 rings (SSSR count). The molecule has 5 heteroatoms. The fraction of sp³-hybridized carbons (Fsp3) is 0.333. The molecule has 0 aliphatic rings. The molecule has 4 nitrogen and oxygen atoms in total. The van der Waals surface area contributed by atoms with E-state index >= 15 is 0 Å². The molecule has 1 aromatic rings. The van der Waals surface area contributed by atoms with Crippen LogP contribution in [0.1, 0.15) is 23.7 Å². The lowest BCUT2D eigenvalue weighted by Crippen LogP contribution is -2.32. The van der Waals surface area contributed by atoms with Crippen LogP contribution in [-0.4, -0.2) is 23.5 Å². The summed E-state index contributed by atoms with van der Waals surface area (Å²) in [7, 11) is 0. The number of carbonyl (C=O) groups excluding carboxylic acids is 1. The predicted octanol–water partition coefficient (Wildman–Crippen LogP) is 2.13. The Morgan fingerprint density at radius 2 is 2.18 bits per heavy atom. The van der Waals surface area contributed by atoms with Crippen LogP contribution >= 0.6 is 22.6 Å². The third-order valence-corrected chi connectivity index (χ3v) is 3.11. The number of hydrogen-bond acceptors (Lipinski definition) is 2. The summed E-state index contributed by atoms with van der Waals surface area (Å²) in [6.07, 6.45) is 0.502. The van der Waals surface area contributed by atoms with Gasteiger partial charge in [-0.2, -0.15) is 0 Å². The van der Waals surface area contributed by atoms with E-state index in [4.69, 9.17) is 5.11 Å². The van der Waals surface area contributed by atoms with Gasteiger partial charge in [0.1, 0.15) is 0 Å². The van der Waals surface area contributed by atoms with Crippen molar-refractivity contribution in [1.82, 2.24) is 5.32 Å². The molecule has 1 amide bonds. The number of carboxylic acids is 1. The Hall–Kier alpha value is -1.11. The first-order valence-corrected chi connectivity index (χ1v) is 6.39. The summed E-state index contributed by atoms with van der Waals surface area (Å²) in [6.45, 7) is 1.95. The summed E-state index contributed by atoms with van der Waals surface area (Å²) in [5.74, 6) is -1.64.